The first-order valence-electron chi connectivity index (χ1n) is 5.37. The summed E-state index contributed by atoms with van der Waals surface area (Å²) in [4.78, 5) is 4.25. The summed E-state index contributed by atoms with van der Waals surface area (Å²) in [6, 6.07) is 5.66. The molecule has 0 aliphatic heterocycles. The molecule has 1 aromatic heterocycles. The Kier molecular flexibility index (Phi) is 5.73. The van der Waals surface area contributed by atoms with Gasteiger partial charge in [-0.05, 0) is 18.6 Å². The number of anilines is 1. The minimum absolute atomic E-state index is 0.555. The fourth-order valence-electron chi connectivity index (χ4n) is 1.27. The summed E-state index contributed by atoms with van der Waals surface area (Å²) in [6.07, 6.45) is 3.55. The van der Waals surface area contributed by atoms with Gasteiger partial charge in [0.15, 0.2) is 0 Å². The third kappa shape index (κ3) is 4.76. The number of hydrogen-bond donors (Lipinski definition) is 2. The van der Waals surface area contributed by atoms with Crippen LogP contribution >= 0.6 is 0 Å². The highest BCUT2D eigenvalue weighted by atomic mass is 16.5. The number of nitrogens with one attached hydrogen (secondary N) is 1. The van der Waals surface area contributed by atoms with Crippen molar-refractivity contribution in [3.05, 3.63) is 23.9 Å². The van der Waals surface area contributed by atoms with Gasteiger partial charge in [0.1, 0.15) is 5.82 Å². The average Bonchev–Trinajstić information content (AvgIpc) is 2.29. The molecule has 0 fully saturated rings. The second kappa shape index (κ2) is 7.20. The molecule has 84 valence electrons. The Morgan fingerprint density at radius 3 is 3.00 bits per heavy atom. The maximum Gasteiger partial charge on any atom is 0.140 e. The predicted octanol–water partition coefficient (Wildman–Crippen LogP) is 2.07. The fourth-order valence-corrected chi connectivity index (χ4v) is 1.27. The molecule has 0 unspecified atom stereocenters. The highest BCUT2D eigenvalue weighted by Crippen LogP contribution is 2.05. The third-order valence-electron chi connectivity index (χ3n) is 2.10. The number of nitrogen functional groups attached to an aromatic ring is 1. The fraction of sp³-hybridized carbons (Fsp3) is 0.545. The van der Waals surface area contributed by atoms with Crippen LogP contribution in [0.3, 0.4) is 0 Å². The van der Waals surface area contributed by atoms with E-state index in [-0.39, 0.29) is 0 Å². The molecule has 0 radical (unpaired) electrons. The van der Waals surface area contributed by atoms with E-state index in [1.165, 1.54) is 12.8 Å². The van der Waals surface area contributed by atoms with Gasteiger partial charge in [-0.15, -0.1) is 0 Å². The molecular formula is C11H19N3O. The van der Waals surface area contributed by atoms with E-state index in [2.05, 4.69) is 17.3 Å². The molecule has 0 saturated heterocycles. The highest BCUT2D eigenvalue weighted by molar-refractivity contribution is 5.33. The number of aromatic nitrogens is 1. The molecule has 0 aliphatic carbocycles. The highest BCUT2D eigenvalue weighted by Gasteiger charge is 1.96. The molecule has 1 aromatic rings. The smallest absolute Gasteiger partial charge is 0.140 e. The largest absolute Gasteiger partial charge is 0.375 e. The number of unbranched alkanes of at least 4 members (excludes halogenated alkanes) is 2. The first-order valence-corrected chi connectivity index (χ1v) is 5.37. The first kappa shape index (κ1) is 11.9. The van der Waals surface area contributed by atoms with Crippen LogP contribution in [0, 0.1) is 0 Å². The minimum Gasteiger partial charge on any atom is -0.375 e. The van der Waals surface area contributed by atoms with Crippen molar-refractivity contribution in [2.24, 2.45) is 5.84 Å². The Morgan fingerprint density at radius 2 is 2.27 bits per heavy atom. The summed E-state index contributed by atoms with van der Waals surface area (Å²) in [5.74, 6) is 5.93. The molecule has 0 aromatic carbocycles. The van der Waals surface area contributed by atoms with E-state index in [9.17, 15) is 0 Å². The van der Waals surface area contributed by atoms with Gasteiger partial charge in [0.25, 0.3) is 0 Å². The van der Waals surface area contributed by atoms with Gasteiger partial charge in [-0.25, -0.2) is 10.8 Å². The summed E-state index contributed by atoms with van der Waals surface area (Å²) in [7, 11) is 0. The monoisotopic (exact) mass is 209 g/mol. The first-order chi connectivity index (χ1) is 7.36. The Morgan fingerprint density at radius 1 is 1.40 bits per heavy atom. The normalized spacial score (nSPS) is 10.3. The van der Waals surface area contributed by atoms with Gasteiger partial charge in [-0.2, -0.15) is 0 Å². The van der Waals surface area contributed by atoms with Gasteiger partial charge in [0, 0.05) is 6.61 Å². The predicted molar refractivity (Wildman–Crippen MR) is 61.2 cm³/mol. The maximum absolute atomic E-state index is 5.49. The molecule has 0 atom stereocenters. The summed E-state index contributed by atoms with van der Waals surface area (Å²) in [5, 5.41) is 0. The van der Waals surface area contributed by atoms with Crippen molar-refractivity contribution in [1.29, 1.82) is 0 Å². The summed E-state index contributed by atoms with van der Waals surface area (Å²) in [5.41, 5.74) is 3.42. The molecule has 4 nitrogen and oxygen atoms in total. The van der Waals surface area contributed by atoms with Crippen LogP contribution in [0.15, 0.2) is 18.2 Å². The number of nitrogens with two attached hydrogens (primary N) is 1. The number of ether oxygens (including phenoxy) is 1. The zero-order valence-corrected chi connectivity index (χ0v) is 9.20. The van der Waals surface area contributed by atoms with Crippen molar-refractivity contribution in [1.82, 2.24) is 4.98 Å². The molecule has 0 amide bonds. The maximum atomic E-state index is 5.49. The van der Waals surface area contributed by atoms with Gasteiger partial charge < -0.3 is 10.2 Å². The van der Waals surface area contributed by atoms with Crippen molar-refractivity contribution in [2.75, 3.05) is 12.0 Å². The molecule has 0 aliphatic rings. The van der Waals surface area contributed by atoms with E-state index in [4.69, 9.17) is 10.6 Å². The molecule has 0 bridgehead atoms. The van der Waals surface area contributed by atoms with Crippen LogP contribution in [0.5, 0.6) is 0 Å². The standard InChI is InChI=1S/C11H19N3O/c1-2-3-4-8-15-9-10-6-5-7-11(13-10)14-12/h5-7H,2-4,8-9,12H2,1H3,(H,13,14). The van der Waals surface area contributed by atoms with E-state index < -0.39 is 0 Å². The van der Waals surface area contributed by atoms with Crippen molar-refractivity contribution >= 4 is 5.82 Å². The number of pyridine rings is 1. The van der Waals surface area contributed by atoms with Crippen LogP contribution in [0.25, 0.3) is 0 Å². The minimum atomic E-state index is 0.555. The lowest BCUT2D eigenvalue weighted by atomic mass is 10.3. The summed E-state index contributed by atoms with van der Waals surface area (Å²) < 4.78 is 5.49. The SMILES string of the molecule is CCCCCOCc1cccc(NN)n1. The average molecular weight is 209 g/mol. The molecule has 15 heavy (non-hydrogen) atoms. The molecule has 0 saturated carbocycles. The van der Waals surface area contributed by atoms with Gasteiger partial charge in [0.2, 0.25) is 0 Å². The molecular weight excluding hydrogens is 190 g/mol. The lowest BCUT2D eigenvalue weighted by Crippen LogP contribution is -2.09. The van der Waals surface area contributed by atoms with Crippen LogP contribution < -0.4 is 11.3 Å². The lowest BCUT2D eigenvalue weighted by molar-refractivity contribution is 0.114. The Bertz CT molecular complexity index is 278. The Labute approximate surface area is 90.8 Å². The van der Waals surface area contributed by atoms with Crippen LogP contribution in [0.4, 0.5) is 5.82 Å². The van der Waals surface area contributed by atoms with Crippen molar-refractivity contribution in [3.63, 3.8) is 0 Å². The van der Waals surface area contributed by atoms with Crippen LogP contribution in [-0.2, 0) is 11.3 Å². The molecule has 1 rings (SSSR count). The van der Waals surface area contributed by atoms with E-state index in [0.717, 1.165) is 18.7 Å². The summed E-state index contributed by atoms with van der Waals surface area (Å²) in [6.45, 7) is 3.53. The van der Waals surface area contributed by atoms with E-state index in [1.54, 1.807) is 0 Å². The van der Waals surface area contributed by atoms with E-state index in [0.29, 0.717) is 12.4 Å². The molecule has 4 heteroatoms. The quantitative estimate of drug-likeness (QED) is 0.410. The molecule has 1 heterocycles. The second-order valence-electron chi connectivity index (χ2n) is 3.42. The van der Waals surface area contributed by atoms with Crippen LogP contribution in [0.1, 0.15) is 31.9 Å². The Balaban J connectivity index is 2.24. The zero-order valence-electron chi connectivity index (χ0n) is 9.20. The van der Waals surface area contributed by atoms with Crippen molar-refractivity contribution < 1.29 is 4.74 Å². The lowest BCUT2D eigenvalue weighted by Gasteiger charge is -2.05. The van der Waals surface area contributed by atoms with Gasteiger partial charge in [0.05, 0.1) is 12.3 Å². The number of hydrazine groups is 1. The number of nitrogens with zero attached hydrogens (tertiary/aromatic N) is 1. The third-order valence-corrected chi connectivity index (χ3v) is 2.10. The van der Waals surface area contributed by atoms with Crippen LogP contribution in [-0.4, -0.2) is 11.6 Å². The zero-order chi connectivity index (χ0) is 10.9. The van der Waals surface area contributed by atoms with Gasteiger partial charge >= 0.3 is 0 Å². The van der Waals surface area contributed by atoms with Crippen molar-refractivity contribution in [3.8, 4) is 0 Å². The topological polar surface area (TPSA) is 60.2 Å². The summed E-state index contributed by atoms with van der Waals surface area (Å²) >= 11 is 0. The van der Waals surface area contributed by atoms with Crippen LogP contribution in [0.2, 0.25) is 0 Å². The van der Waals surface area contributed by atoms with Gasteiger partial charge in [-0.3, -0.25) is 0 Å². The number of hydrogen-bond acceptors (Lipinski definition) is 4. The van der Waals surface area contributed by atoms with Gasteiger partial charge in [-0.1, -0.05) is 25.8 Å². The Hall–Kier alpha value is -1.13. The van der Waals surface area contributed by atoms with E-state index >= 15 is 0 Å². The molecule has 0 spiro atoms. The molecule has 3 N–H and O–H groups in total. The van der Waals surface area contributed by atoms with Crippen molar-refractivity contribution in [2.45, 2.75) is 32.8 Å². The van der Waals surface area contributed by atoms with E-state index in [1.807, 2.05) is 18.2 Å². The second-order valence-corrected chi connectivity index (χ2v) is 3.42. The number of rotatable bonds is 7.